The summed E-state index contributed by atoms with van der Waals surface area (Å²) in [6.45, 7) is 1.96. The second kappa shape index (κ2) is 6.53. The van der Waals surface area contributed by atoms with Gasteiger partial charge in [0, 0.05) is 12.6 Å². The Morgan fingerprint density at radius 1 is 1.46 bits per heavy atom. The van der Waals surface area contributed by atoms with Crippen LogP contribution in [0.5, 0.6) is 0 Å². The molecule has 2 N–H and O–H groups in total. The lowest BCUT2D eigenvalue weighted by Gasteiger charge is -2.01. The molecule has 134 valence electrons. The Hall–Kier alpha value is -2.74. The largest absolute Gasteiger partial charge is 0.305 e. The van der Waals surface area contributed by atoms with E-state index >= 15 is 0 Å². The average molecular weight is 389 g/mol. The molecule has 26 heavy (non-hydrogen) atoms. The van der Waals surface area contributed by atoms with Crippen molar-refractivity contribution in [3.63, 3.8) is 0 Å². The third kappa shape index (κ3) is 3.20. The molecule has 2 aromatic heterocycles. The fourth-order valence-electron chi connectivity index (χ4n) is 2.55. The number of nitrogens with two attached hydrogens (primary N) is 1. The van der Waals surface area contributed by atoms with Crippen LogP contribution in [0.2, 0.25) is 0 Å². The lowest BCUT2D eigenvalue weighted by Crippen LogP contribution is -2.18. The summed E-state index contributed by atoms with van der Waals surface area (Å²) in [5.41, 5.74) is 1.76. The van der Waals surface area contributed by atoms with Gasteiger partial charge in [0.1, 0.15) is 5.69 Å². The number of terminal acetylenes is 1. The molecule has 0 radical (unpaired) electrons. The molecule has 0 atom stereocenters. The van der Waals surface area contributed by atoms with Crippen LogP contribution in [0.25, 0.3) is 10.2 Å². The highest BCUT2D eigenvalue weighted by Gasteiger charge is 2.16. The number of carbonyl (C=O) groups excluding carboxylic acids is 1. The maximum Gasteiger partial charge on any atom is 0.298 e. The van der Waals surface area contributed by atoms with Crippen LogP contribution in [-0.4, -0.2) is 28.7 Å². The van der Waals surface area contributed by atoms with E-state index in [4.69, 9.17) is 11.6 Å². The van der Waals surface area contributed by atoms with Crippen LogP contribution in [0, 0.1) is 19.3 Å². The fourth-order valence-corrected chi connectivity index (χ4v) is 4.24. The van der Waals surface area contributed by atoms with Gasteiger partial charge in [-0.05, 0) is 25.1 Å². The minimum absolute atomic E-state index is 0.0144. The topological polar surface area (TPSA) is 112 Å². The van der Waals surface area contributed by atoms with Crippen LogP contribution in [0.15, 0.2) is 34.3 Å². The van der Waals surface area contributed by atoms with E-state index in [1.165, 1.54) is 16.8 Å². The van der Waals surface area contributed by atoms with Crippen LogP contribution >= 0.6 is 11.3 Å². The first-order valence-corrected chi connectivity index (χ1v) is 9.76. The maximum atomic E-state index is 12.6. The number of hydrogen-bond donors (Lipinski definition) is 1. The number of rotatable bonds is 3. The highest BCUT2D eigenvalue weighted by molar-refractivity contribution is 7.89. The van der Waals surface area contributed by atoms with Crippen LogP contribution in [-0.2, 0) is 23.6 Å². The molecule has 3 aromatic rings. The zero-order valence-corrected chi connectivity index (χ0v) is 15.6. The van der Waals surface area contributed by atoms with Crippen molar-refractivity contribution in [2.24, 2.45) is 17.2 Å². The number of nitrogens with zero attached hydrogens (tertiary/aromatic N) is 4. The molecule has 3 rings (SSSR count). The minimum atomic E-state index is -3.83. The Labute approximate surface area is 153 Å². The second-order valence-electron chi connectivity index (χ2n) is 5.57. The van der Waals surface area contributed by atoms with Crippen LogP contribution in [0.4, 0.5) is 0 Å². The molecular weight excluding hydrogens is 374 g/mol. The number of thiazole rings is 1. The van der Waals surface area contributed by atoms with Gasteiger partial charge in [-0.1, -0.05) is 17.3 Å². The predicted molar refractivity (Wildman–Crippen MR) is 97.9 cm³/mol. The van der Waals surface area contributed by atoms with E-state index in [0.29, 0.717) is 26.3 Å². The summed E-state index contributed by atoms with van der Waals surface area (Å²) in [4.78, 5) is 17.1. The van der Waals surface area contributed by atoms with Crippen LogP contribution in [0.1, 0.15) is 16.1 Å². The van der Waals surface area contributed by atoms with Gasteiger partial charge in [0.15, 0.2) is 4.80 Å². The van der Waals surface area contributed by atoms with Crippen molar-refractivity contribution in [1.29, 1.82) is 0 Å². The number of hydrogen-bond acceptors (Lipinski definition) is 5. The van der Waals surface area contributed by atoms with Crippen molar-refractivity contribution >= 4 is 37.5 Å². The van der Waals surface area contributed by atoms with E-state index in [2.05, 4.69) is 16.0 Å². The lowest BCUT2D eigenvalue weighted by atomic mass is 10.3. The van der Waals surface area contributed by atoms with Crippen molar-refractivity contribution in [3.8, 4) is 12.3 Å². The fraction of sp³-hybridized carbons (Fsp3) is 0.188. The van der Waals surface area contributed by atoms with Gasteiger partial charge in [0.05, 0.1) is 27.9 Å². The van der Waals surface area contributed by atoms with Gasteiger partial charge in [-0.3, -0.25) is 9.48 Å². The Balaban J connectivity index is 2.23. The molecule has 0 aliphatic rings. The normalized spacial score (nSPS) is 12.5. The first-order valence-electron chi connectivity index (χ1n) is 7.39. The molecule has 0 unspecified atom stereocenters. The number of aromatic nitrogens is 3. The number of aryl methyl sites for hydroxylation is 2. The molecule has 2 heterocycles. The Kier molecular flexibility index (Phi) is 4.53. The van der Waals surface area contributed by atoms with Gasteiger partial charge < -0.3 is 4.57 Å². The highest BCUT2D eigenvalue weighted by atomic mass is 32.2. The van der Waals surface area contributed by atoms with E-state index in [9.17, 15) is 13.2 Å². The van der Waals surface area contributed by atoms with Crippen LogP contribution in [0.3, 0.4) is 0 Å². The average Bonchev–Trinajstić information content (AvgIpc) is 3.06. The summed E-state index contributed by atoms with van der Waals surface area (Å²) in [5.74, 6) is 2.06. The zero-order valence-electron chi connectivity index (χ0n) is 14.0. The smallest absolute Gasteiger partial charge is 0.298 e. The van der Waals surface area contributed by atoms with Gasteiger partial charge in [0.2, 0.25) is 10.0 Å². The third-order valence-electron chi connectivity index (χ3n) is 3.75. The van der Waals surface area contributed by atoms with Crippen molar-refractivity contribution in [1.82, 2.24) is 14.3 Å². The van der Waals surface area contributed by atoms with E-state index < -0.39 is 15.9 Å². The summed E-state index contributed by atoms with van der Waals surface area (Å²) in [5, 5.41) is 9.22. The molecule has 0 spiro atoms. The first-order chi connectivity index (χ1) is 12.2. The molecule has 0 aliphatic carbocycles. The number of sulfonamides is 1. The Bertz CT molecular complexity index is 1220. The molecule has 0 saturated carbocycles. The zero-order chi connectivity index (χ0) is 19.1. The number of fused-ring (bicyclic) bond motifs is 1. The van der Waals surface area contributed by atoms with Gasteiger partial charge in [-0.15, -0.1) is 6.42 Å². The van der Waals surface area contributed by atoms with E-state index in [-0.39, 0.29) is 11.4 Å². The van der Waals surface area contributed by atoms with Gasteiger partial charge >= 0.3 is 0 Å². The van der Waals surface area contributed by atoms with E-state index in [0.717, 1.165) is 11.3 Å². The van der Waals surface area contributed by atoms with E-state index in [1.807, 2.05) is 0 Å². The van der Waals surface area contributed by atoms with Crippen molar-refractivity contribution in [3.05, 3.63) is 40.5 Å². The Morgan fingerprint density at radius 2 is 2.19 bits per heavy atom. The standard InChI is InChI=1S/C16H15N5O3S2/c1-4-7-21-12-6-5-11(26(17,23)24)8-13(12)25-16(21)19-15(22)14-10(2)9-18-20(14)3/h1,5-6,8-9H,7H2,2-3H3,(H2,17,23,24). The third-order valence-corrected chi connectivity index (χ3v) is 5.71. The first kappa shape index (κ1) is 18.1. The molecule has 0 aliphatic heterocycles. The lowest BCUT2D eigenvalue weighted by molar-refractivity contribution is 0.0988. The maximum absolute atomic E-state index is 12.6. The number of carbonyl (C=O) groups is 1. The van der Waals surface area contributed by atoms with Crippen LogP contribution < -0.4 is 9.94 Å². The van der Waals surface area contributed by atoms with E-state index in [1.54, 1.807) is 30.8 Å². The molecule has 8 nitrogen and oxygen atoms in total. The molecule has 0 saturated heterocycles. The summed E-state index contributed by atoms with van der Waals surface area (Å²) in [7, 11) is -2.17. The summed E-state index contributed by atoms with van der Waals surface area (Å²) in [6, 6.07) is 4.44. The molecule has 1 amide bonds. The monoisotopic (exact) mass is 389 g/mol. The highest BCUT2D eigenvalue weighted by Crippen LogP contribution is 2.21. The van der Waals surface area contributed by atoms with Gasteiger partial charge in [-0.25, -0.2) is 13.6 Å². The van der Waals surface area contributed by atoms with Crippen molar-refractivity contribution < 1.29 is 13.2 Å². The molecular formula is C16H15N5O3S2. The quantitative estimate of drug-likeness (QED) is 0.667. The molecule has 0 bridgehead atoms. The Morgan fingerprint density at radius 3 is 2.77 bits per heavy atom. The minimum Gasteiger partial charge on any atom is -0.305 e. The summed E-state index contributed by atoms with van der Waals surface area (Å²) in [6.07, 6.45) is 7.01. The molecule has 10 heteroatoms. The van der Waals surface area contributed by atoms with Gasteiger partial charge in [-0.2, -0.15) is 10.1 Å². The second-order valence-corrected chi connectivity index (χ2v) is 8.14. The SMILES string of the molecule is C#CCn1c(=NC(=O)c2c(C)cnn2C)sc2cc(S(N)(=O)=O)ccc21. The van der Waals surface area contributed by atoms with Crippen molar-refractivity contribution in [2.75, 3.05) is 0 Å². The summed E-state index contributed by atoms with van der Waals surface area (Å²) >= 11 is 1.16. The number of amides is 1. The predicted octanol–water partition coefficient (Wildman–Crippen LogP) is 0.766. The molecule has 0 fully saturated rings. The number of benzene rings is 1. The van der Waals surface area contributed by atoms with Crippen molar-refractivity contribution in [2.45, 2.75) is 18.4 Å². The summed E-state index contributed by atoms with van der Waals surface area (Å²) < 4.78 is 26.9. The molecule has 1 aromatic carbocycles. The number of primary sulfonamides is 1. The van der Waals surface area contributed by atoms with Gasteiger partial charge in [0.25, 0.3) is 5.91 Å².